The average Bonchev–Trinajstić information content (AvgIpc) is 3.10. The van der Waals surface area contributed by atoms with E-state index < -0.39 is 19.9 Å². The van der Waals surface area contributed by atoms with Crippen molar-refractivity contribution in [3.63, 3.8) is 0 Å². The first-order chi connectivity index (χ1) is 24.4. The first-order valence-corrected chi connectivity index (χ1v) is 21.3. The number of unbranched alkanes of at least 4 members (excludes halogenated alkanes) is 16. The molecule has 0 aliphatic rings. The molecule has 8 nitrogen and oxygen atoms in total. The molecular weight excluding hydrogens is 649 g/mol. The molecule has 2 unspecified atom stereocenters. The highest BCUT2D eigenvalue weighted by Gasteiger charge is 2.25. The van der Waals surface area contributed by atoms with Gasteiger partial charge in [-0.3, -0.25) is 13.8 Å². The molecule has 0 aliphatic heterocycles. The lowest BCUT2D eigenvalue weighted by Gasteiger charge is -2.19. The predicted molar refractivity (Wildman–Crippen MR) is 210 cm³/mol. The van der Waals surface area contributed by atoms with Gasteiger partial charge in [-0.05, 0) is 63.9 Å². The minimum atomic E-state index is -4.30. The molecular formula is C41H74NO7P. The van der Waals surface area contributed by atoms with Crippen LogP contribution >= 0.6 is 7.82 Å². The summed E-state index contributed by atoms with van der Waals surface area (Å²) in [7, 11) is -4.30. The number of carbonyl (C=O) groups excluding carboxylic acids is 1. The molecule has 0 aromatic heterocycles. The molecule has 0 spiro atoms. The summed E-state index contributed by atoms with van der Waals surface area (Å²) in [6.07, 6.45) is 46.2. The van der Waals surface area contributed by atoms with E-state index in [4.69, 9.17) is 24.3 Å². The minimum Gasteiger partial charge on any atom is -0.498 e. The van der Waals surface area contributed by atoms with Gasteiger partial charge in [0.1, 0.15) is 6.61 Å². The highest BCUT2D eigenvalue weighted by Crippen LogP contribution is 2.43. The fourth-order valence-electron chi connectivity index (χ4n) is 5.13. The lowest BCUT2D eigenvalue weighted by Crippen LogP contribution is -2.27. The Hall–Kier alpha value is -1.96. The smallest absolute Gasteiger partial charge is 0.472 e. The van der Waals surface area contributed by atoms with E-state index in [1.165, 1.54) is 83.5 Å². The number of hydrogen-bond acceptors (Lipinski definition) is 7. The van der Waals surface area contributed by atoms with Crippen LogP contribution in [0, 0.1) is 0 Å². The molecule has 290 valence electrons. The Morgan fingerprint density at radius 2 is 1.14 bits per heavy atom. The number of rotatable bonds is 37. The van der Waals surface area contributed by atoms with E-state index in [9.17, 15) is 14.3 Å². The SMILES string of the molecule is CCC=CCC=CCC=CCC=CCCCCC(=O)OC(COC=CCCCCCCCCCCCCCCCC)COP(=O)(O)OCCN. The van der Waals surface area contributed by atoms with Gasteiger partial charge in [-0.15, -0.1) is 0 Å². The first-order valence-electron chi connectivity index (χ1n) is 19.8. The first kappa shape index (κ1) is 48.0. The minimum absolute atomic E-state index is 0.0137. The fraction of sp³-hybridized carbons (Fsp3) is 0.732. The van der Waals surface area contributed by atoms with Crippen molar-refractivity contribution in [2.24, 2.45) is 5.73 Å². The van der Waals surface area contributed by atoms with Crippen molar-refractivity contribution in [2.45, 2.75) is 168 Å². The van der Waals surface area contributed by atoms with E-state index >= 15 is 0 Å². The topological polar surface area (TPSA) is 117 Å². The third kappa shape index (κ3) is 37.3. The van der Waals surface area contributed by atoms with Gasteiger partial charge in [0.2, 0.25) is 0 Å². The molecule has 0 radical (unpaired) electrons. The van der Waals surface area contributed by atoms with Gasteiger partial charge in [0.15, 0.2) is 6.10 Å². The molecule has 0 aromatic rings. The maximum absolute atomic E-state index is 12.5. The van der Waals surface area contributed by atoms with Crippen molar-refractivity contribution in [3.8, 4) is 0 Å². The van der Waals surface area contributed by atoms with E-state index in [0.29, 0.717) is 6.42 Å². The van der Waals surface area contributed by atoms with Gasteiger partial charge in [-0.2, -0.15) is 0 Å². The number of phosphoric ester groups is 1. The maximum atomic E-state index is 12.5. The Balaban J connectivity index is 4.20. The number of ether oxygens (including phenoxy) is 2. The van der Waals surface area contributed by atoms with Crippen LogP contribution in [0.25, 0.3) is 0 Å². The Labute approximate surface area is 306 Å². The molecule has 0 bridgehead atoms. The zero-order valence-electron chi connectivity index (χ0n) is 31.9. The summed E-state index contributed by atoms with van der Waals surface area (Å²) >= 11 is 0. The summed E-state index contributed by atoms with van der Waals surface area (Å²) in [5.41, 5.74) is 5.35. The van der Waals surface area contributed by atoms with Gasteiger partial charge >= 0.3 is 13.8 Å². The van der Waals surface area contributed by atoms with Crippen LogP contribution in [0.1, 0.15) is 162 Å². The van der Waals surface area contributed by atoms with Crippen LogP contribution in [0.4, 0.5) is 0 Å². The molecule has 0 fully saturated rings. The standard InChI is InChI=1S/C41H74NO7P/c1-3-5-7-9-11-13-15-17-19-21-23-25-27-29-31-33-36-46-38-40(39-48-50(44,45)47-37-35-42)49-41(43)34-32-30-28-26-24-22-20-18-16-14-12-10-8-6-4-2/h6,8,12,14,18,20,24,26,33,36,40H,3-5,7,9-11,13,15-17,19,21-23,25,27-32,34-35,37-39,42H2,1-2H3,(H,44,45). The van der Waals surface area contributed by atoms with Gasteiger partial charge in [-0.1, -0.05) is 146 Å². The van der Waals surface area contributed by atoms with Gasteiger partial charge in [0.25, 0.3) is 0 Å². The number of allylic oxidation sites excluding steroid dienone is 9. The predicted octanol–water partition coefficient (Wildman–Crippen LogP) is 11.8. The van der Waals surface area contributed by atoms with E-state index in [-0.39, 0.29) is 32.8 Å². The maximum Gasteiger partial charge on any atom is 0.472 e. The Morgan fingerprint density at radius 1 is 0.640 bits per heavy atom. The lowest BCUT2D eigenvalue weighted by molar-refractivity contribution is -0.153. The van der Waals surface area contributed by atoms with Crippen LogP contribution in [0.5, 0.6) is 0 Å². The highest BCUT2D eigenvalue weighted by molar-refractivity contribution is 7.47. The van der Waals surface area contributed by atoms with Gasteiger partial charge in [0, 0.05) is 13.0 Å². The molecule has 0 saturated carbocycles. The van der Waals surface area contributed by atoms with Gasteiger partial charge in [0.05, 0.1) is 19.5 Å². The third-order valence-corrected chi connectivity index (χ3v) is 9.00. The molecule has 0 saturated heterocycles. The van der Waals surface area contributed by atoms with Crippen LogP contribution < -0.4 is 5.73 Å². The van der Waals surface area contributed by atoms with Gasteiger partial charge < -0.3 is 20.1 Å². The van der Waals surface area contributed by atoms with Crippen molar-refractivity contribution in [1.29, 1.82) is 0 Å². The van der Waals surface area contributed by atoms with Crippen LogP contribution in [0.15, 0.2) is 60.9 Å². The second kappa shape index (κ2) is 38.3. The molecule has 0 aliphatic carbocycles. The number of esters is 1. The quantitative estimate of drug-likeness (QED) is 0.0214. The lowest BCUT2D eigenvalue weighted by atomic mass is 10.0. The van der Waals surface area contributed by atoms with Crippen LogP contribution in [-0.2, 0) is 27.9 Å². The summed E-state index contributed by atoms with van der Waals surface area (Å²) in [6, 6.07) is 0. The summed E-state index contributed by atoms with van der Waals surface area (Å²) in [5.74, 6) is -0.394. The second-order valence-corrected chi connectivity index (χ2v) is 14.3. The van der Waals surface area contributed by atoms with Crippen LogP contribution in [0.3, 0.4) is 0 Å². The third-order valence-electron chi connectivity index (χ3n) is 8.01. The number of hydrogen-bond donors (Lipinski definition) is 2. The van der Waals surface area contributed by atoms with Crippen molar-refractivity contribution in [2.75, 3.05) is 26.4 Å². The largest absolute Gasteiger partial charge is 0.498 e. The monoisotopic (exact) mass is 724 g/mol. The summed E-state index contributed by atoms with van der Waals surface area (Å²) < 4.78 is 33.0. The van der Waals surface area contributed by atoms with Crippen molar-refractivity contribution < 1.29 is 32.8 Å². The van der Waals surface area contributed by atoms with Crippen LogP contribution in [-0.4, -0.2) is 43.3 Å². The average molecular weight is 724 g/mol. The Bertz CT molecular complexity index is 947. The van der Waals surface area contributed by atoms with E-state index in [0.717, 1.165) is 51.4 Å². The van der Waals surface area contributed by atoms with E-state index in [1.807, 2.05) is 6.08 Å². The molecule has 9 heteroatoms. The molecule has 2 atom stereocenters. The molecule has 0 amide bonds. The van der Waals surface area contributed by atoms with Crippen LogP contribution in [0.2, 0.25) is 0 Å². The Morgan fingerprint density at radius 3 is 1.70 bits per heavy atom. The number of phosphoric acid groups is 1. The molecule has 3 N–H and O–H groups in total. The molecule has 50 heavy (non-hydrogen) atoms. The normalized spacial score (nSPS) is 14.2. The fourth-order valence-corrected chi connectivity index (χ4v) is 5.89. The molecule has 0 heterocycles. The molecule has 0 aromatic carbocycles. The highest BCUT2D eigenvalue weighted by atomic mass is 31.2. The van der Waals surface area contributed by atoms with Crippen molar-refractivity contribution in [1.82, 2.24) is 0 Å². The molecule has 0 rings (SSSR count). The van der Waals surface area contributed by atoms with E-state index in [2.05, 4.69) is 62.5 Å². The summed E-state index contributed by atoms with van der Waals surface area (Å²) in [4.78, 5) is 22.4. The number of nitrogens with two attached hydrogens (primary N) is 1. The zero-order chi connectivity index (χ0) is 36.6. The Kier molecular flexibility index (Phi) is 36.8. The van der Waals surface area contributed by atoms with Gasteiger partial charge in [-0.25, -0.2) is 4.57 Å². The summed E-state index contributed by atoms with van der Waals surface area (Å²) in [6.45, 7) is 4.07. The second-order valence-electron chi connectivity index (χ2n) is 12.8. The van der Waals surface area contributed by atoms with E-state index in [1.54, 1.807) is 6.26 Å². The summed E-state index contributed by atoms with van der Waals surface area (Å²) in [5, 5.41) is 0. The number of carbonyl (C=O) groups is 1. The zero-order valence-corrected chi connectivity index (χ0v) is 32.8. The van der Waals surface area contributed by atoms with Crippen molar-refractivity contribution in [3.05, 3.63) is 60.9 Å². The van der Waals surface area contributed by atoms with Crippen molar-refractivity contribution >= 4 is 13.8 Å².